The smallest absolute Gasteiger partial charge is 0.176 e. The third-order valence-corrected chi connectivity index (χ3v) is 14.4. The Morgan fingerprint density at radius 1 is 0.475 bits per heavy atom. The van der Waals surface area contributed by atoms with Gasteiger partial charge in [-0.2, -0.15) is 0 Å². The lowest BCUT2D eigenvalue weighted by atomic mass is 10.1. The van der Waals surface area contributed by atoms with Crippen LogP contribution >= 0.6 is 0 Å². The van der Waals surface area contributed by atoms with Crippen LogP contribution in [0.25, 0.3) is 0 Å². The van der Waals surface area contributed by atoms with Gasteiger partial charge >= 0.3 is 0 Å². The van der Waals surface area contributed by atoms with Gasteiger partial charge in [-0.3, -0.25) is 0 Å². The molecule has 0 saturated carbocycles. The minimum absolute atomic E-state index is 0.333. The van der Waals surface area contributed by atoms with E-state index in [2.05, 4.69) is 106 Å². The number of hydrogen-bond donors (Lipinski definition) is 0. The normalized spacial score (nSPS) is 15.7. The molecule has 0 bridgehead atoms. The van der Waals surface area contributed by atoms with Crippen LogP contribution < -0.4 is 29.8 Å². The number of allylic oxidation sites excluding steroid dienone is 4. The summed E-state index contributed by atoms with van der Waals surface area (Å²) in [4.78, 5) is 0. The lowest BCUT2D eigenvalue weighted by molar-refractivity contribution is 0.408. The van der Waals surface area contributed by atoms with Crippen LogP contribution in [-0.4, -0.2) is 29.4 Å². The number of benzene rings is 3. The van der Waals surface area contributed by atoms with Crippen molar-refractivity contribution in [3.63, 3.8) is 0 Å². The van der Waals surface area contributed by atoms with E-state index in [1.165, 1.54) is 65.7 Å². The Hall–Kier alpha value is -3.24. The van der Waals surface area contributed by atoms with Crippen molar-refractivity contribution in [3.8, 4) is 17.2 Å². The predicted octanol–water partition coefficient (Wildman–Crippen LogP) is 6.87. The Balaban J connectivity index is 2.31. The van der Waals surface area contributed by atoms with Gasteiger partial charge in [-0.05, 0) is 123 Å². The Bertz CT molecular complexity index is 1340. The SMILES string of the molecule is COc1c(C)cc([Si](C2=C(C)C(C)=C(C)C2C)(c2cc(C)c(OC)c(C)c2)c2cc(C)c(OC)c(C)c2)cc1C. The van der Waals surface area contributed by atoms with Crippen LogP contribution in [0, 0.1) is 47.5 Å². The van der Waals surface area contributed by atoms with Crippen molar-refractivity contribution in [2.24, 2.45) is 5.92 Å². The summed E-state index contributed by atoms with van der Waals surface area (Å²) in [7, 11) is 2.49. The van der Waals surface area contributed by atoms with Gasteiger partial charge in [-0.1, -0.05) is 59.7 Å². The average molecular weight is 555 g/mol. The van der Waals surface area contributed by atoms with E-state index < -0.39 is 8.07 Å². The molecule has 0 aliphatic heterocycles. The third kappa shape index (κ3) is 4.41. The van der Waals surface area contributed by atoms with Gasteiger partial charge in [0.05, 0.1) is 21.3 Å². The van der Waals surface area contributed by atoms with E-state index >= 15 is 0 Å². The van der Waals surface area contributed by atoms with Gasteiger partial charge in [0.2, 0.25) is 0 Å². The van der Waals surface area contributed by atoms with Crippen molar-refractivity contribution < 1.29 is 14.2 Å². The van der Waals surface area contributed by atoms with E-state index in [0.717, 1.165) is 17.2 Å². The van der Waals surface area contributed by atoms with Gasteiger partial charge in [0.15, 0.2) is 8.07 Å². The van der Waals surface area contributed by atoms with Gasteiger partial charge < -0.3 is 14.2 Å². The molecule has 0 amide bonds. The molecular weight excluding hydrogens is 508 g/mol. The van der Waals surface area contributed by atoms with Crippen molar-refractivity contribution in [2.75, 3.05) is 21.3 Å². The highest BCUT2D eigenvalue weighted by molar-refractivity contribution is 7.16. The van der Waals surface area contributed by atoms with Crippen LogP contribution in [0.5, 0.6) is 17.2 Å². The van der Waals surface area contributed by atoms with Crippen LogP contribution in [0.4, 0.5) is 0 Å². The maximum Gasteiger partial charge on any atom is 0.176 e. The van der Waals surface area contributed by atoms with E-state index in [0.29, 0.717) is 5.92 Å². The molecule has 0 fully saturated rings. The lowest BCUT2D eigenvalue weighted by Gasteiger charge is -2.40. The van der Waals surface area contributed by atoms with Crippen LogP contribution in [0.2, 0.25) is 0 Å². The summed E-state index contributed by atoms with van der Waals surface area (Å²) in [5, 5.41) is 5.74. The standard InChI is InChI=1S/C36H46O3Si/c1-20-14-30(15-21(2)33(20)37-11)40(36-28(9)26(7)27(8)29(36)10,31-16-22(3)34(38-12)23(4)17-31)32-18-24(5)35(39-13)25(6)19-32/h14-19,28H,1-13H3. The Morgan fingerprint density at radius 2 is 0.750 bits per heavy atom. The lowest BCUT2D eigenvalue weighted by Crippen LogP contribution is -2.70. The summed E-state index contributed by atoms with van der Waals surface area (Å²) >= 11 is 0. The minimum Gasteiger partial charge on any atom is -0.496 e. The van der Waals surface area contributed by atoms with Gasteiger partial charge in [0.1, 0.15) is 17.2 Å². The predicted molar refractivity (Wildman–Crippen MR) is 172 cm³/mol. The number of methoxy groups -OCH3 is 3. The highest BCUT2D eigenvalue weighted by Crippen LogP contribution is 2.42. The molecule has 212 valence electrons. The Labute approximate surface area is 242 Å². The van der Waals surface area contributed by atoms with E-state index in [1.54, 1.807) is 26.5 Å². The molecule has 3 aromatic carbocycles. The third-order valence-electron chi connectivity index (χ3n) is 9.34. The van der Waals surface area contributed by atoms with Gasteiger partial charge in [0, 0.05) is 0 Å². The van der Waals surface area contributed by atoms with Crippen molar-refractivity contribution in [2.45, 2.75) is 69.2 Å². The summed E-state index contributed by atoms with van der Waals surface area (Å²) in [5.74, 6) is 3.23. The zero-order valence-corrected chi connectivity index (χ0v) is 27.8. The molecule has 3 nitrogen and oxygen atoms in total. The molecule has 4 heteroatoms. The fourth-order valence-corrected chi connectivity index (χ4v) is 13.5. The maximum atomic E-state index is 5.86. The van der Waals surface area contributed by atoms with Crippen LogP contribution in [-0.2, 0) is 0 Å². The summed E-state index contributed by atoms with van der Waals surface area (Å²) < 4.78 is 17.6. The Morgan fingerprint density at radius 3 is 0.950 bits per heavy atom. The second kappa shape index (κ2) is 11.0. The molecule has 0 spiro atoms. The molecule has 1 aliphatic rings. The topological polar surface area (TPSA) is 27.7 Å². The molecule has 1 unspecified atom stereocenters. The number of hydrogen-bond acceptors (Lipinski definition) is 3. The second-order valence-corrected chi connectivity index (χ2v) is 15.5. The molecule has 1 atom stereocenters. The molecule has 0 radical (unpaired) electrons. The average Bonchev–Trinajstić information content (AvgIpc) is 3.07. The first-order chi connectivity index (χ1) is 18.8. The molecular formula is C36H46O3Si. The van der Waals surface area contributed by atoms with E-state index in [9.17, 15) is 0 Å². The van der Waals surface area contributed by atoms with Gasteiger partial charge in [-0.15, -0.1) is 0 Å². The summed E-state index contributed by atoms with van der Waals surface area (Å²) in [6.45, 7) is 22.4. The molecule has 3 aromatic rings. The van der Waals surface area contributed by atoms with Crippen molar-refractivity contribution >= 4 is 23.6 Å². The van der Waals surface area contributed by atoms with E-state index in [-0.39, 0.29) is 0 Å². The van der Waals surface area contributed by atoms with Crippen molar-refractivity contribution in [1.29, 1.82) is 0 Å². The quantitative estimate of drug-likeness (QED) is 0.236. The molecule has 0 aromatic heterocycles. The highest BCUT2D eigenvalue weighted by Gasteiger charge is 2.49. The number of ether oxygens (including phenoxy) is 3. The zero-order chi connectivity index (χ0) is 29.7. The molecule has 40 heavy (non-hydrogen) atoms. The first-order valence-corrected chi connectivity index (χ1v) is 16.2. The molecule has 0 heterocycles. The maximum absolute atomic E-state index is 5.86. The summed E-state index contributed by atoms with van der Waals surface area (Å²) in [6.07, 6.45) is 0. The van der Waals surface area contributed by atoms with Gasteiger partial charge in [0.25, 0.3) is 0 Å². The fraction of sp³-hybridized carbons (Fsp3) is 0.389. The minimum atomic E-state index is -2.82. The largest absolute Gasteiger partial charge is 0.496 e. The van der Waals surface area contributed by atoms with Crippen molar-refractivity contribution in [3.05, 3.63) is 91.7 Å². The van der Waals surface area contributed by atoms with Crippen LogP contribution in [0.3, 0.4) is 0 Å². The van der Waals surface area contributed by atoms with Gasteiger partial charge in [-0.25, -0.2) is 0 Å². The highest BCUT2D eigenvalue weighted by atomic mass is 28.3. The first-order valence-electron chi connectivity index (χ1n) is 14.2. The van der Waals surface area contributed by atoms with E-state index in [1.807, 2.05) is 0 Å². The molecule has 4 rings (SSSR count). The van der Waals surface area contributed by atoms with Crippen molar-refractivity contribution in [1.82, 2.24) is 0 Å². The number of rotatable bonds is 7. The Kier molecular flexibility index (Phi) is 8.15. The van der Waals surface area contributed by atoms with E-state index in [4.69, 9.17) is 14.2 Å². The summed E-state index contributed by atoms with van der Waals surface area (Å²) in [5.41, 5.74) is 11.3. The first kappa shape index (κ1) is 29.7. The molecule has 0 N–H and O–H groups in total. The number of aryl methyl sites for hydroxylation is 6. The monoisotopic (exact) mass is 554 g/mol. The van der Waals surface area contributed by atoms with Crippen LogP contribution in [0.1, 0.15) is 61.1 Å². The second-order valence-electron chi connectivity index (χ2n) is 11.7. The summed E-state index contributed by atoms with van der Waals surface area (Å²) in [6, 6.07) is 14.4. The molecule has 1 aliphatic carbocycles. The van der Waals surface area contributed by atoms with Crippen LogP contribution in [0.15, 0.2) is 58.3 Å². The zero-order valence-electron chi connectivity index (χ0n) is 26.8. The molecule has 0 saturated heterocycles. The fourth-order valence-electron chi connectivity index (χ4n) is 7.40.